The van der Waals surface area contributed by atoms with Crippen LogP contribution in [0.4, 0.5) is 10.5 Å². The van der Waals surface area contributed by atoms with Crippen molar-refractivity contribution in [1.29, 1.82) is 0 Å². The van der Waals surface area contributed by atoms with Gasteiger partial charge in [-0.3, -0.25) is 4.79 Å². The van der Waals surface area contributed by atoms with Crippen molar-refractivity contribution in [2.24, 2.45) is 5.92 Å². The summed E-state index contributed by atoms with van der Waals surface area (Å²) in [6, 6.07) is 6.44. The van der Waals surface area contributed by atoms with E-state index in [1.807, 2.05) is 0 Å². The van der Waals surface area contributed by atoms with Crippen LogP contribution in [0.1, 0.15) is 19.3 Å². The van der Waals surface area contributed by atoms with Crippen molar-refractivity contribution in [1.82, 2.24) is 5.32 Å². The van der Waals surface area contributed by atoms with Gasteiger partial charge in [-0.2, -0.15) is 0 Å². The first-order chi connectivity index (χ1) is 9.60. The molecule has 1 aromatic rings. The fourth-order valence-electron chi connectivity index (χ4n) is 1.99. The van der Waals surface area contributed by atoms with E-state index in [0.29, 0.717) is 16.6 Å². The predicted octanol–water partition coefficient (Wildman–Crippen LogP) is 2.80. The lowest BCUT2D eigenvalue weighted by Gasteiger charge is -2.17. The first-order valence-corrected chi connectivity index (χ1v) is 6.87. The van der Waals surface area contributed by atoms with Gasteiger partial charge >= 0.3 is 12.0 Å². The SMILES string of the molecule is COC(=O)CC(NC(=O)Nc1ccccc1Cl)C1CC1. The monoisotopic (exact) mass is 296 g/mol. The number of para-hydroxylation sites is 1. The van der Waals surface area contributed by atoms with Crippen molar-refractivity contribution < 1.29 is 14.3 Å². The zero-order chi connectivity index (χ0) is 14.5. The molecule has 0 bridgehead atoms. The van der Waals surface area contributed by atoms with Gasteiger partial charge in [-0.15, -0.1) is 0 Å². The maximum absolute atomic E-state index is 11.9. The Morgan fingerprint density at radius 1 is 1.40 bits per heavy atom. The Morgan fingerprint density at radius 3 is 2.70 bits per heavy atom. The molecule has 1 atom stereocenters. The number of esters is 1. The summed E-state index contributed by atoms with van der Waals surface area (Å²) in [5.41, 5.74) is 0.541. The summed E-state index contributed by atoms with van der Waals surface area (Å²) >= 11 is 5.97. The first-order valence-electron chi connectivity index (χ1n) is 6.49. The third kappa shape index (κ3) is 4.13. The van der Waals surface area contributed by atoms with Crippen LogP contribution in [0, 0.1) is 5.92 Å². The highest BCUT2D eigenvalue weighted by molar-refractivity contribution is 6.33. The normalized spacial score (nSPS) is 15.3. The number of urea groups is 1. The number of rotatable bonds is 5. The summed E-state index contributed by atoms with van der Waals surface area (Å²) in [6.45, 7) is 0. The van der Waals surface area contributed by atoms with E-state index in [4.69, 9.17) is 11.6 Å². The fourth-order valence-corrected chi connectivity index (χ4v) is 2.17. The summed E-state index contributed by atoms with van der Waals surface area (Å²) < 4.78 is 4.65. The molecular weight excluding hydrogens is 280 g/mol. The van der Waals surface area contributed by atoms with E-state index in [1.54, 1.807) is 24.3 Å². The second-order valence-corrected chi connectivity index (χ2v) is 5.21. The molecule has 2 amide bonds. The smallest absolute Gasteiger partial charge is 0.319 e. The highest BCUT2D eigenvalue weighted by Gasteiger charge is 2.34. The molecule has 0 radical (unpaired) electrons. The van der Waals surface area contributed by atoms with E-state index >= 15 is 0 Å². The van der Waals surface area contributed by atoms with E-state index in [0.717, 1.165) is 12.8 Å². The number of nitrogens with one attached hydrogen (secondary N) is 2. The van der Waals surface area contributed by atoms with Gasteiger partial charge < -0.3 is 15.4 Å². The Labute approximate surface area is 122 Å². The van der Waals surface area contributed by atoms with E-state index in [1.165, 1.54) is 7.11 Å². The van der Waals surface area contributed by atoms with Crippen molar-refractivity contribution in [3.63, 3.8) is 0 Å². The van der Waals surface area contributed by atoms with Crippen LogP contribution in [0.5, 0.6) is 0 Å². The van der Waals surface area contributed by atoms with Gasteiger partial charge in [0.1, 0.15) is 0 Å². The second-order valence-electron chi connectivity index (χ2n) is 4.80. The molecule has 0 aliphatic heterocycles. The molecule has 5 nitrogen and oxygen atoms in total. The van der Waals surface area contributed by atoms with Crippen LogP contribution in [0.15, 0.2) is 24.3 Å². The van der Waals surface area contributed by atoms with Gasteiger partial charge in [0.2, 0.25) is 0 Å². The predicted molar refractivity (Wildman–Crippen MR) is 76.8 cm³/mol. The first kappa shape index (κ1) is 14.7. The number of benzene rings is 1. The minimum atomic E-state index is -0.362. The summed E-state index contributed by atoms with van der Waals surface area (Å²) in [6.07, 6.45) is 2.24. The number of hydrogen-bond acceptors (Lipinski definition) is 3. The molecule has 2 rings (SSSR count). The summed E-state index contributed by atoms with van der Waals surface area (Å²) in [7, 11) is 1.34. The van der Waals surface area contributed by atoms with Crippen molar-refractivity contribution in [2.75, 3.05) is 12.4 Å². The second kappa shape index (κ2) is 6.61. The van der Waals surface area contributed by atoms with Crippen LogP contribution in [0.25, 0.3) is 0 Å². The maximum Gasteiger partial charge on any atom is 0.319 e. The highest BCUT2D eigenvalue weighted by Crippen LogP contribution is 2.34. The number of carbonyl (C=O) groups excluding carboxylic acids is 2. The average Bonchev–Trinajstić information content (AvgIpc) is 3.25. The van der Waals surface area contributed by atoms with Crippen LogP contribution in [0.2, 0.25) is 5.02 Å². The summed E-state index contributed by atoms with van der Waals surface area (Å²) in [5, 5.41) is 5.96. The molecule has 1 aromatic carbocycles. The van der Waals surface area contributed by atoms with E-state index in [2.05, 4.69) is 15.4 Å². The Morgan fingerprint density at radius 2 is 2.10 bits per heavy atom. The molecule has 2 N–H and O–H groups in total. The molecule has 1 aliphatic carbocycles. The third-order valence-electron chi connectivity index (χ3n) is 3.24. The molecule has 0 saturated heterocycles. The summed E-state index contributed by atoms with van der Waals surface area (Å²) in [4.78, 5) is 23.3. The molecule has 1 fully saturated rings. The number of amides is 2. The van der Waals surface area contributed by atoms with Gasteiger partial charge in [0.25, 0.3) is 0 Å². The number of carbonyl (C=O) groups is 2. The van der Waals surface area contributed by atoms with Gasteiger partial charge in [-0.25, -0.2) is 4.79 Å². The topological polar surface area (TPSA) is 67.4 Å². The van der Waals surface area contributed by atoms with Gasteiger partial charge in [0.05, 0.1) is 24.2 Å². The number of ether oxygens (including phenoxy) is 1. The number of hydrogen-bond donors (Lipinski definition) is 2. The van der Waals surface area contributed by atoms with Crippen LogP contribution in [-0.4, -0.2) is 25.2 Å². The van der Waals surface area contributed by atoms with Crippen molar-refractivity contribution in [3.05, 3.63) is 29.3 Å². The van der Waals surface area contributed by atoms with Gasteiger partial charge in [0.15, 0.2) is 0 Å². The number of methoxy groups -OCH3 is 1. The Bertz CT molecular complexity index is 503. The van der Waals surface area contributed by atoms with Crippen LogP contribution in [-0.2, 0) is 9.53 Å². The minimum Gasteiger partial charge on any atom is -0.469 e. The molecule has 6 heteroatoms. The zero-order valence-corrected chi connectivity index (χ0v) is 11.9. The molecule has 0 heterocycles. The molecule has 20 heavy (non-hydrogen) atoms. The Balaban J connectivity index is 1.91. The highest BCUT2D eigenvalue weighted by atomic mass is 35.5. The molecular formula is C14H17ClN2O3. The molecule has 1 unspecified atom stereocenters. The maximum atomic E-state index is 11.9. The fraction of sp³-hybridized carbons (Fsp3) is 0.429. The molecule has 0 aromatic heterocycles. The van der Waals surface area contributed by atoms with Gasteiger partial charge in [-0.1, -0.05) is 23.7 Å². The lowest BCUT2D eigenvalue weighted by molar-refractivity contribution is -0.141. The molecule has 1 saturated carbocycles. The average molecular weight is 297 g/mol. The number of halogens is 1. The van der Waals surface area contributed by atoms with Crippen LogP contribution >= 0.6 is 11.6 Å². The third-order valence-corrected chi connectivity index (χ3v) is 3.57. The molecule has 108 valence electrons. The Kier molecular flexibility index (Phi) is 4.84. The zero-order valence-electron chi connectivity index (χ0n) is 11.2. The van der Waals surface area contributed by atoms with Crippen LogP contribution in [0.3, 0.4) is 0 Å². The minimum absolute atomic E-state index is 0.190. The van der Waals surface area contributed by atoms with Crippen molar-refractivity contribution >= 4 is 29.3 Å². The van der Waals surface area contributed by atoms with Crippen molar-refractivity contribution in [2.45, 2.75) is 25.3 Å². The van der Waals surface area contributed by atoms with E-state index < -0.39 is 0 Å². The quantitative estimate of drug-likeness (QED) is 0.821. The lowest BCUT2D eigenvalue weighted by Crippen LogP contribution is -2.40. The number of anilines is 1. The molecule has 0 spiro atoms. The standard InChI is InChI=1S/C14H17ClN2O3/c1-20-13(18)8-12(9-6-7-9)17-14(19)16-11-5-3-2-4-10(11)15/h2-5,9,12H,6-8H2,1H3,(H2,16,17,19). The molecule has 1 aliphatic rings. The van der Waals surface area contributed by atoms with E-state index in [9.17, 15) is 9.59 Å². The van der Waals surface area contributed by atoms with Crippen molar-refractivity contribution in [3.8, 4) is 0 Å². The lowest BCUT2D eigenvalue weighted by atomic mass is 10.1. The van der Waals surface area contributed by atoms with Crippen LogP contribution < -0.4 is 10.6 Å². The Hall–Kier alpha value is -1.75. The van der Waals surface area contributed by atoms with E-state index in [-0.39, 0.29) is 24.5 Å². The summed E-state index contributed by atoms with van der Waals surface area (Å²) in [5.74, 6) is 0.0334. The largest absolute Gasteiger partial charge is 0.469 e. The van der Waals surface area contributed by atoms with Gasteiger partial charge in [0, 0.05) is 6.04 Å². The van der Waals surface area contributed by atoms with Gasteiger partial charge in [-0.05, 0) is 30.9 Å².